The van der Waals surface area contributed by atoms with Crippen LogP contribution in [0.25, 0.3) is 0 Å². The summed E-state index contributed by atoms with van der Waals surface area (Å²) in [4.78, 5) is 11.7. The van der Waals surface area contributed by atoms with E-state index in [0.717, 1.165) is 61.2 Å². The zero-order valence-corrected chi connectivity index (χ0v) is 20.9. The summed E-state index contributed by atoms with van der Waals surface area (Å²) in [6.45, 7) is 9.75. The second kappa shape index (κ2) is 8.99. The number of methoxy groups -OCH3 is 1. The molecule has 4 fully saturated rings. The molecule has 10 atom stereocenters. The Balaban J connectivity index is 1.39. The fraction of sp³-hybridized carbons (Fsp3) is 0.964. The van der Waals surface area contributed by atoms with Crippen LogP contribution in [-0.2, 0) is 9.53 Å². The third kappa shape index (κ3) is 4.11. The lowest BCUT2D eigenvalue weighted by Gasteiger charge is -2.61. The van der Waals surface area contributed by atoms with Crippen molar-refractivity contribution in [2.24, 2.45) is 52.3 Å². The molecule has 4 rings (SSSR count). The second-order valence-corrected chi connectivity index (χ2v) is 12.6. The third-order valence-electron chi connectivity index (χ3n) is 11.3. The van der Waals surface area contributed by atoms with Crippen molar-refractivity contribution in [3.05, 3.63) is 0 Å². The number of fused-ring (bicyclic) bond motifs is 5. The molecule has 0 aromatic carbocycles. The van der Waals surface area contributed by atoms with Gasteiger partial charge in [-0.3, -0.25) is 4.79 Å². The molecule has 0 bridgehead atoms. The smallest absolute Gasteiger partial charge is 0.308 e. The molecule has 0 aliphatic heterocycles. The number of ether oxygens (including phenoxy) is 1. The minimum atomic E-state index is -0.0572. The van der Waals surface area contributed by atoms with Crippen molar-refractivity contribution < 1.29 is 14.6 Å². The van der Waals surface area contributed by atoms with E-state index in [1.165, 1.54) is 58.5 Å². The van der Waals surface area contributed by atoms with Crippen molar-refractivity contribution >= 4 is 5.97 Å². The zero-order valence-electron chi connectivity index (χ0n) is 20.9. The Labute approximate surface area is 191 Å². The molecule has 3 unspecified atom stereocenters. The molecule has 4 aliphatic carbocycles. The highest BCUT2D eigenvalue weighted by molar-refractivity contribution is 5.71. The molecule has 178 valence electrons. The highest BCUT2D eigenvalue weighted by Crippen LogP contribution is 2.68. The van der Waals surface area contributed by atoms with Gasteiger partial charge in [0.1, 0.15) is 0 Å². The first-order valence-corrected chi connectivity index (χ1v) is 13.5. The molecule has 3 heteroatoms. The molecule has 0 radical (unpaired) electrons. The fourth-order valence-corrected chi connectivity index (χ4v) is 9.48. The highest BCUT2D eigenvalue weighted by atomic mass is 16.5. The predicted molar refractivity (Wildman–Crippen MR) is 125 cm³/mol. The molecular formula is C28H48O3. The van der Waals surface area contributed by atoms with Crippen LogP contribution in [0.4, 0.5) is 0 Å². The lowest BCUT2D eigenvalue weighted by Crippen LogP contribution is -2.54. The third-order valence-corrected chi connectivity index (χ3v) is 11.3. The molecule has 0 aromatic heterocycles. The summed E-state index contributed by atoms with van der Waals surface area (Å²) in [6.07, 6.45) is 15.1. The highest BCUT2D eigenvalue weighted by Gasteiger charge is 2.60. The summed E-state index contributed by atoms with van der Waals surface area (Å²) in [5, 5.41) is 10.3. The van der Waals surface area contributed by atoms with Crippen molar-refractivity contribution in [2.45, 2.75) is 111 Å². The molecule has 1 N–H and O–H groups in total. The Morgan fingerprint density at radius 1 is 0.968 bits per heavy atom. The van der Waals surface area contributed by atoms with E-state index in [1.807, 2.05) is 6.92 Å². The SMILES string of the molecule is COC(=O)C(C)CCC[C@@H](C)[C@H]1CC[C@H]2[C@@H]3CCC4CC(O)CC[C@]4(C)[C@H]3CC[C@]12C. The molecule has 31 heavy (non-hydrogen) atoms. The van der Waals surface area contributed by atoms with Gasteiger partial charge in [0.25, 0.3) is 0 Å². The Hall–Kier alpha value is -0.570. The van der Waals surface area contributed by atoms with E-state index in [4.69, 9.17) is 4.74 Å². The molecule has 0 saturated heterocycles. The average Bonchev–Trinajstić information content (AvgIpc) is 3.10. The second-order valence-electron chi connectivity index (χ2n) is 12.6. The van der Waals surface area contributed by atoms with Crippen molar-refractivity contribution in [3.63, 3.8) is 0 Å². The maximum absolute atomic E-state index is 11.7. The Bertz CT molecular complexity index is 646. The lowest BCUT2D eigenvalue weighted by molar-refractivity contribution is -0.145. The van der Waals surface area contributed by atoms with Gasteiger partial charge in [-0.15, -0.1) is 0 Å². The molecular weight excluding hydrogens is 384 g/mol. The largest absolute Gasteiger partial charge is 0.469 e. The van der Waals surface area contributed by atoms with E-state index in [9.17, 15) is 9.90 Å². The summed E-state index contributed by atoms with van der Waals surface area (Å²) in [5.41, 5.74) is 1.00. The van der Waals surface area contributed by atoms with Crippen LogP contribution in [-0.4, -0.2) is 24.3 Å². The normalized spacial score (nSPS) is 46.4. The molecule has 0 heterocycles. The Morgan fingerprint density at radius 2 is 1.68 bits per heavy atom. The molecule has 0 aromatic rings. The van der Waals surface area contributed by atoms with Gasteiger partial charge in [-0.1, -0.05) is 40.5 Å². The number of carbonyl (C=O) groups is 1. The summed E-state index contributed by atoms with van der Waals surface area (Å²) in [6, 6.07) is 0. The number of hydrogen-bond donors (Lipinski definition) is 1. The van der Waals surface area contributed by atoms with E-state index in [1.54, 1.807) is 0 Å². The predicted octanol–water partition coefficient (Wildman–Crippen LogP) is 6.62. The molecule has 0 spiro atoms. The van der Waals surface area contributed by atoms with Crippen molar-refractivity contribution in [2.75, 3.05) is 7.11 Å². The van der Waals surface area contributed by atoms with Gasteiger partial charge < -0.3 is 9.84 Å². The van der Waals surface area contributed by atoms with Gasteiger partial charge in [-0.2, -0.15) is 0 Å². The van der Waals surface area contributed by atoms with Crippen LogP contribution in [0, 0.1) is 52.3 Å². The quantitative estimate of drug-likeness (QED) is 0.480. The van der Waals surface area contributed by atoms with Crippen molar-refractivity contribution in [3.8, 4) is 0 Å². The minimum absolute atomic E-state index is 0.0319. The van der Waals surface area contributed by atoms with E-state index in [0.29, 0.717) is 10.8 Å². The summed E-state index contributed by atoms with van der Waals surface area (Å²) in [5.74, 6) is 5.08. The summed E-state index contributed by atoms with van der Waals surface area (Å²) < 4.78 is 4.91. The van der Waals surface area contributed by atoms with Crippen LogP contribution in [0.2, 0.25) is 0 Å². The molecule has 0 amide bonds. The molecule has 4 saturated carbocycles. The van der Waals surface area contributed by atoms with Crippen LogP contribution in [0.5, 0.6) is 0 Å². The van der Waals surface area contributed by atoms with E-state index < -0.39 is 0 Å². The first-order valence-electron chi connectivity index (χ1n) is 13.5. The maximum Gasteiger partial charge on any atom is 0.308 e. The van der Waals surface area contributed by atoms with Crippen LogP contribution >= 0.6 is 0 Å². The number of carbonyl (C=O) groups excluding carboxylic acids is 1. The fourth-order valence-electron chi connectivity index (χ4n) is 9.48. The first-order chi connectivity index (χ1) is 14.7. The molecule has 3 nitrogen and oxygen atoms in total. The van der Waals surface area contributed by atoms with Gasteiger partial charge in [0.15, 0.2) is 0 Å². The number of hydrogen-bond acceptors (Lipinski definition) is 3. The van der Waals surface area contributed by atoms with Gasteiger partial charge in [0.05, 0.1) is 19.1 Å². The van der Waals surface area contributed by atoms with Crippen LogP contribution < -0.4 is 0 Å². The van der Waals surface area contributed by atoms with Gasteiger partial charge >= 0.3 is 5.97 Å². The minimum Gasteiger partial charge on any atom is -0.469 e. The van der Waals surface area contributed by atoms with Crippen molar-refractivity contribution in [1.29, 1.82) is 0 Å². The summed E-state index contributed by atoms with van der Waals surface area (Å²) in [7, 11) is 1.50. The van der Waals surface area contributed by atoms with Crippen molar-refractivity contribution in [1.82, 2.24) is 0 Å². The standard InChI is InChI=1S/C28H48O3/c1-18(7-6-8-19(2)26(30)31-5)23-11-12-24-22-10-9-20-17-21(29)13-15-27(20,3)25(22)14-16-28(23,24)4/h18-25,29H,6-17H2,1-5H3/t18-,19?,20?,21?,22+,23-,24+,25+,27+,28-/m1/s1. The van der Waals surface area contributed by atoms with E-state index in [-0.39, 0.29) is 18.0 Å². The lowest BCUT2D eigenvalue weighted by atomic mass is 9.44. The Morgan fingerprint density at radius 3 is 2.42 bits per heavy atom. The molecule has 4 aliphatic rings. The summed E-state index contributed by atoms with van der Waals surface area (Å²) >= 11 is 0. The number of aliphatic hydroxyl groups excluding tert-OH is 1. The van der Waals surface area contributed by atoms with Crippen LogP contribution in [0.1, 0.15) is 105 Å². The van der Waals surface area contributed by atoms with Crippen LogP contribution in [0.15, 0.2) is 0 Å². The number of esters is 1. The monoisotopic (exact) mass is 432 g/mol. The topological polar surface area (TPSA) is 46.5 Å². The zero-order chi connectivity index (χ0) is 22.4. The number of rotatable bonds is 6. The van der Waals surface area contributed by atoms with Gasteiger partial charge in [0, 0.05) is 0 Å². The van der Waals surface area contributed by atoms with Gasteiger partial charge in [-0.05, 0) is 111 Å². The van der Waals surface area contributed by atoms with Gasteiger partial charge in [-0.25, -0.2) is 0 Å². The first kappa shape index (κ1) is 23.6. The van der Waals surface area contributed by atoms with E-state index >= 15 is 0 Å². The Kier molecular flexibility index (Phi) is 6.84. The van der Waals surface area contributed by atoms with Gasteiger partial charge in [0.2, 0.25) is 0 Å². The average molecular weight is 433 g/mol. The van der Waals surface area contributed by atoms with E-state index in [2.05, 4.69) is 20.8 Å². The van der Waals surface area contributed by atoms with Crippen LogP contribution in [0.3, 0.4) is 0 Å². The maximum atomic E-state index is 11.7. The number of aliphatic hydroxyl groups is 1.